The number of alkyl carbamates (subject to hydrolysis) is 2. The molecule has 0 spiro atoms. The monoisotopic (exact) mass is 907 g/mol. The van der Waals surface area contributed by atoms with Crippen molar-refractivity contribution in [3.63, 3.8) is 0 Å². The lowest BCUT2D eigenvalue weighted by atomic mass is 9.86. The molecule has 4 aromatic rings. The number of benzene rings is 4. The number of carbonyl (C=O) groups is 6. The van der Waals surface area contributed by atoms with Gasteiger partial charge in [-0.05, 0) is 60.8 Å². The number of Topliss-reactive ketones (excluding diaryl/α,β-unsaturated/α-hetero) is 1. The number of ketones is 1. The van der Waals surface area contributed by atoms with Crippen LogP contribution in [0.1, 0.15) is 70.2 Å². The van der Waals surface area contributed by atoms with E-state index in [0.717, 1.165) is 22.3 Å². The first-order chi connectivity index (χ1) is 31.5. The first-order valence-electron chi connectivity index (χ1n) is 22.3. The SMILES string of the molecule is CC(C)[C@H](CC(=O)[C@H](C)NC(=O)OCc1ccccc1)C(=O)N[C@@H](Cc1ccccc1)[C@@H](O)[C@H](O)[C@H](Cc1ccccc1)NC(=O)[C@@H](NC(=O)[C@H](C)NC(=O)OCc1ccccc1)C(C)C. The lowest BCUT2D eigenvalue weighted by Gasteiger charge is -2.35. The van der Waals surface area contributed by atoms with E-state index in [-0.39, 0.29) is 38.4 Å². The molecule has 4 rings (SSSR count). The molecule has 4 aromatic carbocycles. The summed E-state index contributed by atoms with van der Waals surface area (Å²) in [7, 11) is 0. The fourth-order valence-corrected chi connectivity index (χ4v) is 7.16. The highest BCUT2D eigenvalue weighted by Gasteiger charge is 2.38. The van der Waals surface area contributed by atoms with Crippen LogP contribution in [0.2, 0.25) is 0 Å². The van der Waals surface area contributed by atoms with Crippen LogP contribution in [-0.2, 0) is 54.7 Å². The van der Waals surface area contributed by atoms with Crippen molar-refractivity contribution in [3.8, 4) is 0 Å². The van der Waals surface area contributed by atoms with Gasteiger partial charge in [0.25, 0.3) is 0 Å². The minimum absolute atomic E-state index is 0.00451. The fourth-order valence-electron chi connectivity index (χ4n) is 7.16. The Labute approximate surface area is 387 Å². The highest BCUT2D eigenvalue weighted by atomic mass is 16.6. The number of ether oxygens (including phenoxy) is 2. The summed E-state index contributed by atoms with van der Waals surface area (Å²) in [4.78, 5) is 80.1. The Bertz CT molecular complexity index is 1990. The smallest absolute Gasteiger partial charge is 0.408 e. The number of nitrogens with one attached hydrogen (secondary N) is 5. The van der Waals surface area contributed by atoms with Crippen LogP contribution in [0.5, 0.6) is 0 Å². The average molecular weight is 908 g/mol. The van der Waals surface area contributed by atoms with E-state index in [9.17, 15) is 39.0 Å². The molecule has 0 saturated carbocycles. The minimum Gasteiger partial charge on any atom is -0.445 e. The van der Waals surface area contributed by atoms with Crippen LogP contribution in [-0.4, -0.2) is 88.3 Å². The maximum Gasteiger partial charge on any atom is 0.408 e. The summed E-state index contributed by atoms with van der Waals surface area (Å²) in [6.45, 7) is 9.99. The number of carbonyl (C=O) groups excluding carboxylic acids is 6. The summed E-state index contributed by atoms with van der Waals surface area (Å²) in [6.07, 6.45) is -5.04. The normalized spacial score (nSPS) is 14.8. The number of amides is 5. The van der Waals surface area contributed by atoms with Gasteiger partial charge in [-0.2, -0.15) is 0 Å². The molecular weight excluding hydrogens is 843 g/mol. The minimum atomic E-state index is -1.67. The molecular formula is C51H65N5O10. The highest BCUT2D eigenvalue weighted by Crippen LogP contribution is 2.21. The topological polar surface area (TPSA) is 221 Å². The van der Waals surface area contributed by atoms with Crippen molar-refractivity contribution in [1.82, 2.24) is 26.6 Å². The van der Waals surface area contributed by atoms with Crippen molar-refractivity contribution in [1.29, 1.82) is 0 Å². The lowest BCUT2D eigenvalue weighted by Crippen LogP contribution is -2.61. The van der Waals surface area contributed by atoms with E-state index in [2.05, 4.69) is 26.6 Å². The maximum atomic E-state index is 14.2. The summed E-state index contributed by atoms with van der Waals surface area (Å²) in [5, 5.41) is 37.6. The largest absolute Gasteiger partial charge is 0.445 e. The predicted octanol–water partition coefficient (Wildman–Crippen LogP) is 5.17. The standard InChI is InChI=1S/C51H65N5O10/c1-32(2)40(29-43(57)34(5)52-50(63)65-30-38-23-15-9-16-24-38)48(61)54-41(27-36-19-11-7-12-20-36)45(58)46(59)42(28-37-21-13-8-14-22-37)55-49(62)44(33(3)4)56-47(60)35(6)53-51(64)66-31-39-25-17-10-18-26-39/h7-26,32-35,40-42,44-46,58-59H,27-31H2,1-6H3,(H,52,63)(H,53,64)(H,54,61)(H,55,62)(H,56,60)/t34-,35-,40-,41-,42-,44-,45+,46+/m0/s1. The summed E-state index contributed by atoms with van der Waals surface area (Å²) in [5.74, 6) is -3.96. The molecule has 5 amide bonds. The van der Waals surface area contributed by atoms with E-state index in [1.807, 2.05) is 60.7 Å². The molecule has 0 heterocycles. The molecule has 0 aliphatic carbocycles. The van der Waals surface area contributed by atoms with E-state index in [0.29, 0.717) is 0 Å². The summed E-state index contributed by atoms with van der Waals surface area (Å²) in [6, 6.07) is 30.7. The Balaban J connectivity index is 1.49. The third-order valence-corrected chi connectivity index (χ3v) is 11.2. The first-order valence-corrected chi connectivity index (χ1v) is 22.3. The van der Waals surface area contributed by atoms with Gasteiger partial charge in [0.1, 0.15) is 37.5 Å². The van der Waals surface area contributed by atoms with Crippen LogP contribution in [0.4, 0.5) is 9.59 Å². The van der Waals surface area contributed by atoms with Crippen LogP contribution in [0.3, 0.4) is 0 Å². The van der Waals surface area contributed by atoms with Gasteiger partial charge in [0.15, 0.2) is 5.78 Å². The molecule has 7 N–H and O–H groups in total. The quantitative estimate of drug-likeness (QED) is 0.0489. The van der Waals surface area contributed by atoms with Gasteiger partial charge >= 0.3 is 12.2 Å². The molecule has 0 fully saturated rings. The van der Waals surface area contributed by atoms with Crippen molar-refractivity contribution < 1.29 is 48.5 Å². The van der Waals surface area contributed by atoms with Crippen molar-refractivity contribution in [3.05, 3.63) is 144 Å². The predicted molar refractivity (Wildman–Crippen MR) is 249 cm³/mol. The number of aliphatic hydroxyl groups is 2. The fraction of sp³-hybridized carbons (Fsp3) is 0.412. The van der Waals surface area contributed by atoms with Crippen molar-refractivity contribution in [2.75, 3.05) is 0 Å². The molecule has 66 heavy (non-hydrogen) atoms. The average Bonchev–Trinajstić information content (AvgIpc) is 3.31. The van der Waals surface area contributed by atoms with Gasteiger partial charge in [-0.15, -0.1) is 0 Å². The van der Waals surface area contributed by atoms with Crippen LogP contribution in [0, 0.1) is 17.8 Å². The summed E-state index contributed by atoms with van der Waals surface area (Å²) >= 11 is 0. The molecule has 0 aliphatic rings. The zero-order valence-corrected chi connectivity index (χ0v) is 38.5. The van der Waals surface area contributed by atoms with Gasteiger partial charge in [-0.25, -0.2) is 9.59 Å². The second kappa shape index (κ2) is 26.4. The molecule has 354 valence electrons. The second-order valence-electron chi connectivity index (χ2n) is 17.2. The maximum absolute atomic E-state index is 14.2. The third kappa shape index (κ3) is 17.1. The van der Waals surface area contributed by atoms with Gasteiger partial charge < -0.3 is 46.3 Å². The number of aliphatic hydroxyl groups excluding tert-OH is 2. The molecule has 0 aromatic heterocycles. The van der Waals surface area contributed by atoms with E-state index in [1.54, 1.807) is 88.4 Å². The van der Waals surface area contributed by atoms with Crippen LogP contribution in [0.15, 0.2) is 121 Å². The van der Waals surface area contributed by atoms with Gasteiger partial charge in [0, 0.05) is 12.3 Å². The number of rotatable bonds is 24. The molecule has 8 atom stereocenters. The molecule has 0 bridgehead atoms. The Kier molecular flexibility index (Phi) is 20.8. The Morgan fingerprint density at radius 1 is 0.455 bits per heavy atom. The van der Waals surface area contributed by atoms with Gasteiger partial charge in [0.2, 0.25) is 17.7 Å². The van der Waals surface area contributed by atoms with Gasteiger partial charge in [-0.3, -0.25) is 19.2 Å². The lowest BCUT2D eigenvalue weighted by molar-refractivity contribution is -0.134. The number of hydrogen-bond acceptors (Lipinski definition) is 10. The zero-order chi connectivity index (χ0) is 48.2. The zero-order valence-electron chi connectivity index (χ0n) is 38.5. The van der Waals surface area contributed by atoms with Crippen molar-refractivity contribution in [2.24, 2.45) is 17.8 Å². The molecule has 0 aliphatic heterocycles. The van der Waals surface area contributed by atoms with Gasteiger partial charge in [-0.1, -0.05) is 149 Å². The van der Waals surface area contributed by atoms with Crippen LogP contribution in [0.25, 0.3) is 0 Å². The van der Waals surface area contributed by atoms with Crippen molar-refractivity contribution in [2.45, 2.75) is 116 Å². The molecule has 0 saturated heterocycles. The van der Waals surface area contributed by atoms with Crippen molar-refractivity contribution >= 4 is 35.7 Å². The Hall–Kier alpha value is -6.58. The van der Waals surface area contributed by atoms with E-state index in [1.165, 1.54) is 13.8 Å². The van der Waals surface area contributed by atoms with Gasteiger partial charge in [0.05, 0.1) is 18.1 Å². The number of hydrogen-bond donors (Lipinski definition) is 7. The first kappa shape index (κ1) is 52.0. The summed E-state index contributed by atoms with van der Waals surface area (Å²) < 4.78 is 10.5. The van der Waals surface area contributed by atoms with E-state index in [4.69, 9.17) is 9.47 Å². The molecule has 0 radical (unpaired) electrons. The van der Waals surface area contributed by atoms with Crippen LogP contribution >= 0.6 is 0 Å². The highest BCUT2D eigenvalue weighted by molar-refractivity contribution is 5.92. The van der Waals surface area contributed by atoms with E-state index >= 15 is 0 Å². The Morgan fingerprint density at radius 3 is 1.23 bits per heavy atom. The molecule has 15 heteroatoms. The van der Waals surface area contributed by atoms with E-state index < -0.39 is 89.9 Å². The summed E-state index contributed by atoms with van der Waals surface area (Å²) in [5.41, 5.74) is 2.99. The second-order valence-corrected chi connectivity index (χ2v) is 17.2. The molecule has 0 unspecified atom stereocenters. The Morgan fingerprint density at radius 2 is 0.833 bits per heavy atom. The third-order valence-electron chi connectivity index (χ3n) is 11.2. The molecule has 15 nitrogen and oxygen atoms in total. The van der Waals surface area contributed by atoms with Crippen LogP contribution < -0.4 is 26.6 Å².